The molecule has 1 aromatic heterocycles. The normalized spacial score (nSPS) is 11.9. The summed E-state index contributed by atoms with van der Waals surface area (Å²) in [6.45, 7) is 7.77. The van der Waals surface area contributed by atoms with Gasteiger partial charge in [-0.2, -0.15) is 0 Å². The molecule has 0 spiro atoms. The second-order valence-electron chi connectivity index (χ2n) is 6.08. The van der Waals surface area contributed by atoms with Gasteiger partial charge in [0, 0.05) is 12.5 Å². The smallest absolute Gasteiger partial charge is 0.294 e. The minimum absolute atomic E-state index is 0.240. The van der Waals surface area contributed by atoms with Crippen LogP contribution < -0.4 is 11.3 Å². The zero-order chi connectivity index (χ0) is 15.2. The van der Waals surface area contributed by atoms with Gasteiger partial charge in [0.2, 0.25) is 0 Å². The number of nitrogens with zero attached hydrogens (tertiary/aromatic N) is 2. The lowest BCUT2D eigenvalue weighted by Crippen LogP contribution is -2.23. The van der Waals surface area contributed by atoms with Crippen LogP contribution in [-0.2, 0) is 12.5 Å². The summed E-state index contributed by atoms with van der Waals surface area (Å²) in [6.07, 6.45) is 0. The van der Waals surface area contributed by atoms with Crippen LogP contribution in [0.4, 0.5) is 10.1 Å². The highest BCUT2D eigenvalue weighted by molar-refractivity contribution is 5.50. The number of aromatic nitrogens is 2. The average Bonchev–Trinajstić information content (AvgIpc) is 2.51. The molecule has 5 heteroatoms. The molecular formula is C15H20FN3O. The van der Waals surface area contributed by atoms with Gasteiger partial charge in [-0.1, -0.05) is 20.8 Å². The van der Waals surface area contributed by atoms with E-state index in [0.717, 1.165) is 5.69 Å². The van der Waals surface area contributed by atoms with Gasteiger partial charge in [0.15, 0.2) is 0 Å². The van der Waals surface area contributed by atoms with E-state index >= 15 is 0 Å². The van der Waals surface area contributed by atoms with E-state index in [1.165, 1.54) is 16.8 Å². The van der Waals surface area contributed by atoms with Gasteiger partial charge in [-0.3, -0.25) is 9.48 Å². The summed E-state index contributed by atoms with van der Waals surface area (Å²) in [5.41, 5.74) is 7.79. The average molecular weight is 277 g/mol. The number of hydrogen-bond acceptors (Lipinski definition) is 2. The van der Waals surface area contributed by atoms with Gasteiger partial charge in [0.05, 0.1) is 11.4 Å². The van der Waals surface area contributed by atoms with Gasteiger partial charge >= 0.3 is 0 Å². The molecule has 2 aromatic rings. The molecule has 1 heterocycles. The molecule has 2 rings (SSSR count). The Morgan fingerprint density at radius 3 is 2.30 bits per heavy atom. The van der Waals surface area contributed by atoms with Crippen LogP contribution in [0.25, 0.3) is 5.69 Å². The monoisotopic (exact) mass is 277 g/mol. The SMILES string of the molecule is Cc1cc(F)ccc1-n1c(=O)c(N)c(C(C)(C)C)n1C. The maximum atomic E-state index is 13.2. The molecular weight excluding hydrogens is 257 g/mol. The highest BCUT2D eigenvalue weighted by Gasteiger charge is 2.26. The summed E-state index contributed by atoms with van der Waals surface area (Å²) >= 11 is 0. The maximum absolute atomic E-state index is 13.2. The van der Waals surface area contributed by atoms with Crippen molar-refractivity contribution in [1.29, 1.82) is 0 Å². The fourth-order valence-corrected chi connectivity index (χ4v) is 2.64. The van der Waals surface area contributed by atoms with E-state index in [4.69, 9.17) is 5.73 Å². The summed E-state index contributed by atoms with van der Waals surface area (Å²) in [6, 6.07) is 4.34. The van der Waals surface area contributed by atoms with Crippen molar-refractivity contribution in [2.75, 3.05) is 5.73 Å². The minimum atomic E-state index is -0.322. The number of nitrogens with two attached hydrogens (primary N) is 1. The number of hydrogen-bond donors (Lipinski definition) is 1. The third kappa shape index (κ3) is 2.13. The Morgan fingerprint density at radius 1 is 1.25 bits per heavy atom. The van der Waals surface area contributed by atoms with Crippen LogP contribution >= 0.6 is 0 Å². The molecule has 0 amide bonds. The fraction of sp³-hybridized carbons (Fsp3) is 0.400. The second-order valence-corrected chi connectivity index (χ2v) is 6.08. The third-order valence-electron chi connectivity index (χ3n) is 3.40. The van der Waals surface area contributed by atoms with Gasteiger partial charge in [0.25, 0.3) is 5.56 Å². The molecule has 1 aromatic carbocycles. The predicted molar refractivity (Wildman–Crippen MR) is 78.8 cm³/mol. The first-order valence-corrected chi connectivity index (χ1v) is 6.49. The molecule has 108 valence electrons. The molecule has 2 N–H and O–H groups in total. The molecule has 0 radical (unpaired) electrons. The first-order valence-electron chi connectivity index (χ1n) is 6.49. The van der Waals surface area contributed by atoms with Crippen LogP contribution in [0.1, 0.15) is 32.0 Å². The molecule has 0 saturated heterocycles. The summed E-state index contributed by atoms with van der Waals surface area (Å²) < 4.78 is 16.5. The lowest BCUT2D eigenvalue weighted by Gasteiger charge is -2.21. The summed E-state index contributed by atoms with van der Waals surface area (Å²) in [4.78, 5) is 12.4. The molecule has 20 heavy (non-hydrogen) atoms. The molecule has 0 aliphatic heterocycles. The van der Waals surface area contributed by atoms with Gasteiger partial charge < -0.3 is 5.73 Å². The van der Waals surface area contributed by atoms with E-state index in [-0.39, 0.29) is 22.5 Å². The molecule has 0 bridgehead atoms. The predicted octanol–water partition coefficient (Wildman–Crippen LogP) is 2.50. The highest BCUT2D eigenvalue weighted by Crippen LogP contribution is 2.27. The maximum Gasteiger partial charge on any atom is 0.294 e. The second kappa shape index (κ2) is 4.51. The van der Waals surface area contributed by atoms with E-state index in [0.29, 0.717) is 11.3 Å². The molecule has 0 saturated carbocycles. The van der Waals surface area contributed by atoms with Crippen molar-refractivity contribution in [3.63, 3.8) is 0 Å². The number of rotatable bonds is 1. The Labute approximate surface area is 117 Å². The van der Waals surface area contributed by atoms with Gasteiger partial charge in [-0.25, -0.2) is 9.07 Å². The third-order valence-corrected chi connectivity index (χ3v) is 3.40. The molecule has 0 aliphatic rings. The Morgan fingerprint density at radius 2 is 1.85 bits per heavy atom. The van der Waals surface area contributed by atoms with Crippen molar-refractivity contribution in [3.8, 4) is 5.69 Å². The zero-order valence-electron chi connectivity index (χ0n) is 12.5. The standard InChI is InChI=1S/C15H20FN3O/c1-9-8-10(16)6-7-11(9)19-14(20)12(17)13(18(19)5)15(2,3)4/h6-8H,17H2,1-5H3. The first-order chi connectivity index (χ1) is 9.14. The fourth-order valence-electron chi connectivity index (χ4n) is 2.64. The van der Waals surface area contributed by atoms with E-state index in [9.17, 15) is 9.18 Å². The molecule has 0 atom stereocenters. The van der Waals surface area contributed by atoms with Crippen molar-refractivity contribution >= 4 is 5.69 Å². The summed E-state index contributed by atoms with van der Waals surface area (Å²) in [7, 11) is 1.79. The molecule has 0 aliphatic carbocycles. The van der Waals surface area contributed by atoms with Gasteiger partial charge in [0.1, 0.15) is 11.5 Å². The van der Waals surface area contributed by atoms with E-state index < -0.39 is 0 Å². The minimum Gasteiger partial charge on any atom is -0.393 e. The van der Waals surface area contributed by atoms with Crippen molar-refractivity contribution in [3.05, 3.63) is 45.6 Å². The van der Waals surface area contributed by atoms with E-state index in [1.54, 1.807) is 24.7 Å². The van der Waals surface area contributed by atoms with Crippen molar-refractivity contribution < 1.29 is 4.39 Å². The molecule has 4 nitrogen and oxygen atoms in total. The highest BCUT2D eigenvalue weighted by atomic mass is 19.1. The lowest BCUT2D eigenvalue weighted by atomic mass is 9.91. The van der Waals surface area contributed by atoms with Crippen molar-refractivity contribution in [2.24, 2.45) is 7.05 Å². The quantitative estimate of drug-likeness (QED) is 0.870. The Balaban J connectivity index is 2.80. The number of nitrogen functional groups attached to an aromatic ring is 1. The topological polar surface area (TPSA) is 52.9 Å². The number of anilines is 1. The largest absolute Gasteiger partial charge is 0.393 e. The van der Waals surface area contributed by atoms with Crippen LogP contribution in [0.3, 0.4) is 0 Å². The van der Waals surface area contributed by atoms with E-state index in [2.05, 4.69) is 0 Å². The van der Waals surface area contributed by atoms with Gasteiger partial charge in [-0.05, 0) is 30.7 Å². The first kappa shape index (κ1) is 14.4. The van der Waals surface area contributed by atoms with Crippen molar-refractivity contribution in [2.45, 2.75) is 33.1 Å². The van der Waals surface area contributed by atoms with E-state index in [1.807, 2.05) is 20.8 Å². The number of aryl methyl sites for hydroxylation is 1. The van der Waals surface area contributed by atoms with Crippen LogP contribution in [0.15, 0.2) is 23.0 Å². The Bertz CT molecular complexity index is 720. The van der Waals surface area contributed by atoms with Gasteiger partial charge in [-0.15, -0.1) is 0 Å². The van der Waals surface area contributed by atoms with Crippen LogP contribution in [0, 0.1) is 12.7 Å². The van der Waals surface area contributed by atoms with Crippen LogP contribution in [0.5, 0.6) is 0 Å². The van der Waals surface area contributed by atoms with Crippen LogP contribution in [0.2, 0.25) is 0 Å². The Hall–Kier alpha value is -2.04. The molecule has 0 fully saturated rings. The Kier molecular flexibility index (Phi) is 3.24. The lowest BCUT2D eigenvalue weighted by molar-refractivity contribution is 0.500. The summed E-state index contributed by atoms with van der Waals surface area (Å²) in [5, 5.41) is 0. The summed E-state index contributed by atoms with van der Waals surface area (Å²) in [5.74, 6) is -0.322. The van der Waals surface area contributed by atoms with Crippen LogP contribution in [-0.4, -0.2) is 9.36 Å². The zero-order valence-corrected chi connectivity index (χ0v) is 12.5. The number of halogens is 1. The molecule has 0 unspecified atom stereocenters. The number of benzene rings is 1. The van der Waals surface area contributed by atoms with Crippen molar-refractivity contribution in [1.82, 2.24) is 9.36 Å².